The fourth-order valence-electron chi connectivity index (χ4n) is 2.05. The maximum Gasteiger partial charge on any atom is 0.244 e. The minimum absolute atomic E-state index is 0.186. The Bertz CT molecular complexity index is 181. The Morgan fingerprint density at radius 1 is 1.08 bits per heavy atom. The van der Waals surface area contributed by atoms with Crippen molar-refractivity contribution in [3.8, 4) is 0 Å². The normalized spacial score (nSPS) is 24.3. The molecule has 2 aliphatic rings. The first-order chi connectivity index (χ1) is 6.36. The predicted molar refractivity (Wildman–Crippen MR) is 51.3 cm³/mol. The van der Waals surface area contributed by atoms with Gasteiger partial charge in [-0.15, -0.1) is 0 Å². The quantitative estimate of drug-likeness (QED) is 0.654. The summed E-state index contributed by atoms with van der Waals surface area (Å²) in [7, 11) is 0. The van der Waals surface area contributed by atoms with E-state index >= 15 is 0 Å². The van der Waals surface area contributed by atoms with Crippen LogP contribution in [0.15, 0.2) is 0 Å². The third-order valence-corrected chi connectivity index (χ3v) is 3.16. The molecule has 13 heavy (non-hydrogen) atoms. The molecule has 0 bridgehead atoms. The average molecular weight is 180 g/mol. The van der Waals surface area contributed by atoms with E-state index in [1.54, 1.807) is 0 Å². The Morgan fingerprint density at radius 2 is 1.77 bits per heavy atom. The molecule has 1 amide bonds. The highest BCUT2D eigenvalue weighted by atomic mass is 16.2. The largest absolute Gasteiger partial charge is 0.273 e. The number of carbonyl (C=O) groups excluding carboxylic acids is 1. The van der Waals surface area contributed by atoms with Gasteiger partial charge < -0.3 is 0 Å². The van der Waals surface area contributed by atoms with Crippen molar-refractivity contribution in [3.05, 3.63) is 0 Å². The van der Waals surface area contributed by atoms with Crippen molar-refractivity contribution >= 4 is 5.91 Å². The van der Waals surface area contributed by atoms with Crippen molar-refractivity contribution in [2.45, 2.75) is 44.9 Å². The van der Waals surface area contributed by atoms with Gasteiger partial charge in [-0.25, -0.2) is 0 Å². The fourth-order valence-corrected chi connectivity index (χ4v) is 2.05. The molecule has 0 heterocycles. The molecule has 0 N–H and O–H groups in total. The summed E-state index contributed by atoms with van der Waals surface area (Å²) in [6.45, 7) is 0.815. The molecule has 0 unspecified atom stereocenters. The third-order valence-electron chi connectivity index (χ3n) is 3.16. The van der Waals surface area contributed by atoms with E-state index in [0.29, 0.717) is 5.92 Å². The van der Waals surface area contributed by atoms with Gasteiger partial charge in [-0.05, 0) is 31.6 Å². The lowest BCUT2D eigenvalue weighted by atomic mass is 9.89. The van der Waals surface area contributed by atoms with Crippen LogP contribution in [0.4, 0.5) is 0 Å². The molecule has 0 spiro atoms. The highest BCUT2D eigenvalue weighted by Crippen LogP contribution is 2.29. The standard InChI is InChI=1S/C11H18NO/c13-11(10-6-7-10)12-8-9-4-2-1-3-5-9/h9-10H,1-8H2. The lowest BCUT2D eigenvalue weighted by molar-refractivity contribution is -0.122. The van der Waals surface area contributed by atoms with E-state index in [1.165, 1.54) is 32.1 Å². The molecule has 0 aliphatic heterocycles. The Morgan fingerprint density at radius 3 is 2.38 bits per heavy atom. The fraction of sp³-hybridized carbons (Fsp3) is 0.909. The van der Waals surface area contributed by atoms with E-state index < -0.39 is 0 Å². The second-order valence-corrected chi connectivity index (χ2v) is 4.46. The second-order valence-electron chi connectivity index (χ2n) is 4.46. The zero-order valence-electron chi connectivity index (χ0n) is 8.17. The molecule has 0 atom stereocenters. The molecule has 2 nitrogen and oxygen atoms in total. The molecule has 0 aromatic carbocycles. The number of rotatable bonds is 3. The topological polar surface area (TPSA) is 31.2 Å². The summed E-state index contributed by atoms with van der Waals surface area (Å²) in [5, 5.41) is 4.17. The first kappa shape index (κ1) is 9.04. The first-order valence-electron chi connectivity index (χ1n) is 5.57. The second kappa shape index (κ2) is 4.12. The first-order valence-corrected chi connectivity index (χ1v) is 5.57. The summed E-state index contributed by atoms with van der Waals surface area (Å²) in [5.74, 6) is 1.23. The Hall–Kier alpha value is -0.530. The van der Waals surface area contributed by atoms with E-state index in [1.807, 2.05) is 0 Å². The molecule has 2 fully saturated rings. The van der Waals surface area contributed by atoms with Crippen LogP contribution in [0, 0.1) is 11.8 Å². The maximum atomic E-state index is 11.3. The summed E-state index contributed by atoms with van der Waals surface area (Å²) >= 11 is 0. The molecule has 2 saturated carbocycles. The average Bonchev–Trinajstić information content (AvgIpc) is 2.99. The summed E-state index contributed by atoms with van der Waals surface area (Å²) in [6.07, 6.45) is 8.84. The molecule has 2 heteroatoms. The number of carbonyl (C=O) groups is 1. The summed E-state index contributed by atoms with van der Waals surface area (Å²) in [5.41, 5.74) is 0. The van der Waals surface area contributed by atoms with Gasteiger partial charge in [0.1, 0.15) is 0 Å². The maximum absolute atomic E-state index is 11.3. The van der Waals surface area contributed by atoms with Crippen molar-refractivity contribution < 1.29 is 4.79 Å². The van der Waals surface area contributed by atoms with E-state index in [-0.39, 0.29) is 5.91 Å². The number of hydrogen-bond acceptors (Lipinski definition) is 1. The molecular weight excluding hydrogens is 162 g/mol. The third kappa shape index (κ3) is 2.71. The van der Waals surface area contributed by atoms with Gasteiger partial charge in [0.25, 0.3) is 0 Å². The lowest BCUT2D eigenvalue weighted by Crippen LogP contribution is -2.25. The van der Waals surface area contributed by atoms with Crippen molar-refractivity contribution in [1.29, 1.82) is 0 Å². The SMILES string of the molecule is O=C([N]CC1CCCCC1)C1CC1. The minimum Gasteiger partial charge on any atom is -0.273 e. The van der Waals surface area contributed by atoms with E-state index in [0.717, 1.165) is 25.3 Å². The Balaban J connectivity index is 1.62. The van der Waals surface area contributed by atoms with Gasteiger partial charge in [0, 0.05) is 12.5 Å². The van der Waals surface area contributed by atoms with E-state index in [2.05, 4.69) is 5.32 Å². The molecule has 73 valence electrons. The van der Waals surface area contributed by atoms with Crippen LogP contribution in [0.5, 0.6) is 0 Å². The number of hydrogen-bond donors (Lipinski definition) is 0. The van der Waals surface area contributed by atoms with Crippen molar-refractivity contribution in [2.75, 3.05) is 6.54 Å². The highest BCUT2D eigenvalue weighted by molar-refractivity contribution is 5.80. The minimum atomic E-state index is 0.186. The van der Waals surface area contributed by atoms with Crippen molar-refractivity contribution in [2.24, 2.45) is 11.8 Å². The van der Waals surface area contributed by atoms with Gasteiger partial charge in [0.2, 0.25) is 5.91 Å². The zero-order chi connectivity index (χ0) is 9.10. The number of amides is 1. The van der Waals surface area contributed by atoms with Gasteiger partial charge in [-0.3, -0.25) is 10.1 Å². The Labute approximate surface area is 80.1 Å². The monoisotopic (exact) mass is 180 g/mol. The summed E-state index contributed by atoms with van der Waals surface area (Å²) in [6, 6.07) is 0. The van der Waals surface area contributed by atoms with Crippen LogP contribution in [0.25, 0.3) is 0 Å². The van der Waals surface area contributed by atoms with Gasteiger partial charge in [0.15, 0.2) is 0 Å². The Kier molecular flexibility index (Phi) is 2.87. The smallest absolute Gasteiger partial charge is 0.244 e. The van der Waals surface area contributed by atoms with Crippen molar-refractivity contribution in [3.63, 3.8) is 0 Å². The van der Waals surface area contributed by atoms with Gasteiger partial charge in [0.05, 0.1) is 0 Å². The lowest BCUT2D eigenvalue weighted by Gasteiger charge is -2.20. The molecule has 2 rings (SSSR count). The van der Waals surface area contributed by atoms with Crippen molar-refractivity contribution in [1.82, 2.24) is 5.32 Å². The predicted octanol–water partition coefficient (Wildman–Crippen LogP) is 2.11. The molecule has 0 saturated heterocycles. The summed E-state index contributed by atoms with van der Waals surface area (Å²) in [4.78, 5) is 11.3. The molecule has 1 radical (unpaired) electrons. The van der Waals surface area contributed by atoms with E-state index in [9.17, 15) is 4.79 Å². The van der Waals surface area contributed by atoms with Crippen LogP contribution in [0.1, 0.15) is 44.9 Å². The zero-order valence-corrected chi connectivity index (χ0v) is 8.17. The van der Waals surface area contributed by atoms with Crippen LogP contribution < -0.4 is 5.32 Å². The molecule has 2 aliphatic carbocycles. The number of nitrogens with zero attached hydrogens (tertiary/aromatic N) is 1. The van der Waals surface area contributed by atoms with Gasteiger partial charge >= 0.3 is 0 Å². The van der Waals surface area contributed by atoms with Crippen LogP contribution in [-0.2, 0) is 4.79 Å². The van der Waals surface area contributed by atoms with Crippen LogP contribution in [0.2, 0.25) is 0 Å². The van der Waals surface area contributed by atoms with Crippen LogP contribution in [-0.4, -0.2) is 12.5 Å². The van der Waals surface area contributed by atoms with Gasteiger partial charge in [-0.2, -0.15) is 0 Å². The van der Waals surface area contributed by atoms with Gasteiger partial charge in [-0.1, -0.05) is 19.3 Å². The van der Waals surface area contributed by atoms with Crippen LogP contribution in [0.3, 0.4) is 0 Å². The van der Waals surface area contributed by atoms with E-state index in [4.69, 9.17) is 0 Å². The highest BCUT2D eigenvalue weighted by Gasteiger charge is 2.30. The van der Waals surface area contributed by atoms with Crippen LogP contribution >= 0.6 is 0 Å². The molecule has 0 aromatic rings. The summed E-state index contributed by atoms with van der Waals surface area (Å²) < 4.78 is 0. The molecule has 0 aromatic heterocycles. The molecular formula is C11H18NO.